The van der Waals surface area contributed by atoms with Crippen molar-refractivity contribution in [2.45, 2.75) is 109 Å². The van der Waals surface area contributed by atoms with E-state index in [1.807, 2.05) is 0 Å². The standard InChI is InChI=1S/C21H38N2O2/c1-16(24)22-20(3)11-5-7-18(9-13-20)15-19-8-6-12-21(4,14-10-19)23-17(2)25/h18-19H,5-15H2,1-4H3,(H,22,24)(H,23,25). The smallest absolute Gasteiger partial charge is 0.217 e. The molecule has 144 valence electrons. The first-order valence-electron chi connectivity index (χ1n) is 10.3. The van der Waals surface area contributed by atoms with Crippen molar-refractivity contribution >= 4 is 11.8 Å². The lowest BCUT2D eigenvalue weighted by Gasteiger charge is -2.30. The third-order valence-corrected chi connectivity index (χ3v) is 6.51. The number of hydrogen-bond donors (Lipinski definition) is 2. The van der Waals surface area contributed by atoms with Crippen LogP contribution in [-0.2, 0) is 9.59 Å². The summed E-state index contributed by atoms with van der Waals surface area (Å²) in [6, 6.07) is 0. The Hall–Kier alpha value is -1.06. The summed E-state index contributed by atoms with van der Waals surface area (Å²) in [5.41, 5.74) is -0.0119. The third-order valence-electron chi connectivity index (χ3n) is 6.51. The highest BCUT2D eigenvalue weighted by Gasteiger charge is 2.33. The van der Waals surface area contributed by atoms with Crippen LogP contribution in [0.5, 0.6) is 0 Å². The molecule has 4 unspecified atom stereocenters. The van der Waals surface area contributed by atoms with Gasteiger partial charge in [0, 0.05) is 24.9 Å². The number of rotatable bonds is 4. The van der Waals surface area contributed by atoms with Crippen LogP contribution in [0.2, 0.25) is 0 Å². The molecule has 25 heavy (non-hydrogen) atoms. The molecule has 2 fully saturated rings. The zero-order valence-electron chi connectivity index (χ0n) is 16.7. The van der Waals surface area contributed by atoms with E-state index >= 15 is 0 Å². The molecule has 2 aliphatic rings. The van der Waals surface area contributed by atoms with Crippen molar-refractivity contribution in [3.8, 4) is 0 Å². The predicted molar refractivity (Wildman–Crippen MR) is 102 cm³/mol. The SMILES string of the molecule is CC(=O)NC1(C)CCCC(CC2CCCC(C)(NC(C)=O)CC2)CC1. The molecule has 2 saturated carbocycles. The van der Waals surface area contributed by atoms with E-state index in [1.54, 1.807) is 13.8 Å². The second-order valence-electron chi connectivity index (χ2n) is 9.31. The van der Waals surface area contributed by atoms with Crippen molar-refractivity contribution in [3.05, 3.63) is 0 Å². The fraction of sp³-hybridized carbons (Fsp3) is 0.905. The van der Waals surface area contributed by atoms with Crippen molar-refractivity contribution < 1.29 is 9.59 Å². The molecule has 2 amide bonds. The third kappa shape index (κ3) is 6.63. The first kappa shape index (κ1) is 20.3. The molecular formula is C21H38N2O2. The van der Waals surface area contributed by atoms with Crippen LogP contribution in [0.25, 0.3) is 0 Å². The lowest BCUT2D eigenvalue weighted by molar-refractivity contribution is -0.121. The van der Waals surface area contributed by atoms with E-state index in [9.17, 15) is 9.59 Å². The van der Waals surface area contributed by atoms with Crippen LogP contribution in [0, 0.1) is 11.8 Å². The number of amides is 2. The molecule has 4 nitrogen and oxygen atoms in total. The van der Waals surface area contributed by atoms with Gasteiger partial charge >= 0.3 is 0 Å². The number of carbonyl (C=O) groups is 2. The van der Waals surface area contributed by atoms with Gasteiger partial charge < -0.3 is 10.6 Å². The van der Waals surface area contributed by atoms with E-state index in [2.05, 4.69) is 24.5 Å². The van der Waals surface area contributed by atoms with Crippen molar-refractivity contribution in [1.29, 1.82) is 0 Å². The average Bonchev–Trinajstić information content (AvgIpc) is 2.75. The minimum Gasteiger partial charge on any atom is -0.351 e. The minimum absolute atomic E-state index is 0.00594. The Balaban J connectivity index is 1.84. The normalized spacial score (nSPS) is 36.8. The summed E-state index contributed by atoms with van der Waals surface area (Å²) in [6.45, 7) is 7.68. The molecule has 0 saturated heterocycles. The first-order chi connectivity index (χ1) is 11.7. The number of hydrogen-bond acceptors (Lipinski definition) is 2. The lowest BCUT2D eigenvalue weighted by atomic mass is 9.84. The highest BCUT2D eigenvalue weighted by atomic mass is 16.2. The van der Waals surface area contributed by atoms with Crippen LogP contribution in [0.3, 0.4) is 0 Å². The van der Waals surface area contributed by atoms with Gasteiger partial charge in [0.1, 0.15) is 0 Å². The summed E-state index contributed by atoms with van der Waals surface area (Å²) < 4.78 is 0. The topological polar surface area (TPSA) is 58.2 Å². The molecule has 2 N–H and O–H groups in total. The molecule has 0 aromatic rings. The Labute approximate surface area is 153 Å². The van der Waals surface area contributed by atoms with Gasteiger partial charge in [0.15, 0.2) is 0 Å². The van der Waals surface area contributed by atoms with Crippen molar-refractivity contribution in [2.24, 2.45) is 11.8 Å². The minimum atomic E-state index is -0.00594. The van der Waals surface area contributed by atoms with Gasteiger partial charge in [-0.1, -0.05) is 25.7 Å². The van der Waals surface area contributed by atoms with Gasteiger partial charge in [0.25, 0.3) is 0 Å². The van der Waals surface area contributed by atoms with Crippen LogP contribution in [0.1, 0.15) is 98.3 Å². The van der Waals surface area contributed by atoms with E-state index in [0.717, 1.165) is 37.5 Å². The Bertz CT molecular complexity index is 437. The molecule has 4 atom stereocenters. The molecule has 4 heteroatoms. The molecule has 0 heterocycles. The van der Waals surface area contributed by atoms with Crippen LogP contribution in [0.4, 0.5) is 0 Å². The zero-order chi connectivity index (χ0) is 18.5. The maximum Gasteiger partial charge on any atom is 0.217 e. The Morgan fingerprint density at radius 2 is 1.16 bits per heavy atom. The number of carbonyl (C=O) groups excluding carboxylic acids is 2. The molecule has 2 aliphatic carbocycles. The van der Waals surface area contributed by atoms with Gasteiger partial charge in [-0.3, -0.25) is 9.59 Å². The van der Waals surface area contributed by atoms with Crippen LogP contribution >= 0.6 is 0 Å². The van der Waals surface area contributed by atoms with Crippen molar-refractivity contribution in [1.82, 2.24) is 10.6 Å². The summed E-state index contributed by atoms with van der Waals surface area (Å²) in [6.07, 6.45) is 13.3. The molecule has 0 aromatic heterocycles. The van der Waals surface area contributed by atoms with Gasteiger partial charge in [0.2, 0.25) is 11.8 Å². The van der Waals surface area contributed by atoms with Gasteiger partial charge in [0.05, 0.1) is 0 Å². The van der Waals surface area contributed by atoms with Crippen molar-refractivity contribution in [2.75, 3.05) is 0 Å². The molecule has 0 bridgehead atoms. The van der Waals surface area contributed by atoms with Crippen LogP contribution in [-0.4, -0.2) is 22.9 Å². The fourth-order valence-electron chi connectivity index (χ4n) is 5.19. The molecule has 2 rings (SSSR count). The lowest BCUT2D eigenvalue weighted by Crippen LogP contribution is -2.44. The quantitative estimate of drug-likeness (QED) is 0.742. The summed E-state index contributed by atoms with van der Waals surface area (Å²) in [5, 5.41) is 6.36. The first-order valence-corrected chi connectivity index (χ1v) is 10.3. The average molecular weight is 351 g/mol. The number of nitrogens with one attached hydrogen (secondary N) is 2. The summed E-state index contributed by atoms with van der Waals surface area (Å²) in [7, 11) is 0. The second-order valence-corrected chi connectivity index (χ2v) is 9.31. The van der Waals surface area contributed by atoms with E-state index < -0.39 is 0 Å². The summed E-state index contributed by atoms with van der Waals surface area (Å²) in [4.78, 5) is 22.9. The van der Waals surface area contributed by atoms with Crippen LogP contribution in [0.15, 0.2) is 0 Å². The monoisotopic (exact) mass is 350 g/mol. The summed E-state index contributed by atoms with van der Waals surface area (Å²) in [5.74, 6) is 1.79. The fourth-order valence-corrected chi connectivity index (χ4v) is 5.19. The van der Waals surface area contributed by atoms with Gasteiger partial charge in [-0.05, 0) is 70.6 Å². The Kier molecular flexibility index (Phi) is 6.93. The van der Waals surface area contributed by atoms with E-state index in [1.165, 1.54) is 44.9 Å². The molecule has 0 radical (unpaired) electrons. The molecule has 0 spiro atoms. The maximum absolute atomic E-state index is 11.5. The largest absolute Gasteiger partial charge is 0.351 e. The van der Waals surface area contributed by atoms with E-state index in [4.69, 9.17) is 0 Å². The Morgan fingerprint density at radius 1 is 0.760 bits per heavy atom. The predicted octanol–water partition coefficient (Wildman–Crippen LogP) is 4.33. The highest BCUT2D eigenvalue weighted by molar-refractivity contribution is 5.74. The molecule has 0 aliphatic heterocycles. The molecular weight excluding hydrogens is 312 g/mol. The summed E-state index contributed by atoms with van der Waals surface area (Å²) >= 11 is 0. The van der Waals surface area contributed by atoms with Gasteiger partial charge in [-0.15, -0.1) is 0 Å². The highest BCUT2D eigenvalue weighted by Crippen LogP contribution is 2.38. The second kappa shape index (κ2) is 8.55. The maximum atomic E-state index is 11.5. The zero-order valence-corrected chi connectivity index (χ0v) is 16.7. The van der Waals surface area contributed by atoms with Gasteiger partial charge in [-0.25, -0.2) is 0 Å². The van der Waals surface area contributed by atoms with Gasteiger partial charge in [-0.2, -0.15) is 0 Å². The Morgan fingerprint density at radius 3 is 1.52 bits per heavy atom. The van der Waals surface area contributed by atoms with E-state index in [0.29, 0.717) is 0 Å². The van der Waals surface area contributed by atoms with Crippen LogP contribution < -0.4 is 10.6 Å². The van der Waals surface area contributed by atoms with Crippen molar-refractivity contribution in [3.63, 3.8) is 0 Å². The molecule has 0 aromatic carbocycles. The van der Waals surface area contributed by atoms with E-state index in [-0.39, 0.29) is 22.9 Å².